The summed E-state index contributed by atoms with van der Waals surface area (Å²) in [7, 11) is 5.68. The molecule has 156 valence electrons. The molecule has 0 saturated carbocycles. The van der Waals surface area contributed by atoms with E-state index in [0.29, 0.717) is 18.0 Å². The van der Waals surface area contributed by atoms with Crippen molar-refractivity contribution in [2.45, 2.75) is 6.04 Å². The second kappa shape index (κ2) is 9.58. The third-order valence-electron chi connectivity index (χ3n) is 5.31. The summed E-state index contributed by atoms with van der Waals surface area (Å²) in [5.74, 6) is -0.640. The minimum absolute atomic E-state index is 0.0152. The number of methoxy groups -OCH3 is 1. The molecule has 1 fully saturated rings. The lowest BCUT2D eigenvalue weighted by Gasteiger charge is -2.38. The van der Waals surface area contributed by atoms with Crippen LogP contribution in [0.25, 0.3) is 0 Å². The molecule has 1 unspecified atom stereocenters. The van der Waals surface area contributed by atoms with Crippen molar-refractivity contribution in [1.82, 2.24) is 19.7 Å². The first kappa shape index (κ1) is 20.9. The molecule has 1 saturated heterocycles. The highest BCUT2D eigenvalue weighted by molar-refractivity contribution is 6.39. The number of carbonyl (C=O) groups is 2. The first-order chi connectivity index (χ1) is 14.0. The van der Waals surface area contributed by atoms with Gasteiger partial charge in [0.15, 0.2) is 0 Å². The van der Waals surface area contributed by atoms with Gasteiger partial charge >= 0.3 is 11.8 Å². The summed E-state index contributed by atoms with van der Waals surface area (Å²) in [6.07, 6.45) is 2.00. The van der Waals surface area contributed by atoms with E-state index in [1.807, 2.05) is 19.3 Å². The van der Waals surface area contributed by atoms with Crippen molar-refractivity contribution in [3.05, 3.63) is 48.3 Å². The molecule has 2 N–H and O–H groups in total. The summed E-state index contributed by atoms with van der Waals surface area (Å²) < 4.78 is 7.16. The number of likely N-dealkylation sites (N-methyl/N-ethyl adjacent to an activating group) is 1. The second-order valence-electron chi connectivity index (χ2n) is 7.29. The van der Waals surface area contributed by atoms with Crippen LogP contribution in [0, 0.1) is 0 Å². The quantitative estimate of drug-likeness (QED) is 0.711. The van der Waals surface area contributed by atoms with Gasteiger partial charge < -0.3 is 24.8 Å². The monoisotopic (exact) mass is 399 g/mol. The number of rotatable bonds is 6. The van der Waals surface area contributed by atoms with Crippen molar-refractivity contribution >= 4 is 17.5 Å². The van der Waals surface area contributed by atoms with Crippen LogP contribution in [0.5, 0.6) is 5.75 Å². The van der Waals surface area contributed by atoms with Gasteiger partial charge in [0, 0.05) is 57.3 Å². The Bertz CT molecular complexity index is 825. The first-order valence-electron chi connectivity index (χ1n) is 9.75. The van der Waals surface area contributed by atoms with Crippen molar-refractivity contribution < 1.29 is 14.3 Å². The van der Waals surface area contributed by atoms with Crippen LogP contribution in [-0.4, -0.2) is 73.1 Å². The maximum Gasteiger partial charge on any atom is 0.313 e. The lowest BCUT2D eigenvalue weighted by Crippen LogP contribution is -2.49. The number of benzene rings is 1. The highest BCUT2D eigenvalue weighted by Gasteiger charge is 2.26. The van der Waals surface area contributed by atoms with Gasteiger partial charge in [0.25, 0.3) is 0 Å². The molecule has 0 bridgehead atoms. The van der Waals surface area contributed by atoms with Gasteiger partial charge in [-0.15, -0.1) is 0 Å². The van der Waals surface area contributed by atoms with Crippen molar-refractivity contribution in [3.8, 4) is 5.75 Å². The molecule has 2 aromatic rings. The first-order valence-corrected chi connectivity index (χ1v) is 9.75. The van der Waals surface area contributed by atoms with Crippen LogP contribution in [-0.2, 0) is 16.6 Å². The fourth-order valence-electron chi connectivity index (χ4n) is 3.51. The van der Waals surface area contributed by atoms with Gasteiger partial charge in [-0.1, -0.05) is 0 Å². The average Bonchev–Trinajstić information content (AvgIpc) is 3.15. The van der Waals surface area contributed by atoms with Crippen LogP contribution >= 0.6 is 0 Å². The van der Waals surface area contributed by atoms with E-state index in [4.69, 9.17) is 4.74 Å². The van der Waals surface area contributed by atoms with Crippen LogP contribution in [0.4, 0.5) is 5.69 Å². The number of aromatic nitrogens is 1. The molecule has 8 nitrogen and oxygen atoms in total. The van der Waals surface area contributed by atoms with Gasteiger partial charge in [0.1, 0.15) is 5.75 Å². The van der Waals surface area contributed by atoms with Gasteiger partial charge in [0.2, 0.25) is 0 Å². The largest absolute Gasteiger partial charge is 0.497 e. The van der Waals surface area contributed by atoms with Crippen LogP contribution < -0.4 is 15.4 Å². The summed E-state index contributed by atoms with van der Waals surface area (Å²) >= 11 is 0. The molecular weight excluding hydrogens is 370 g/mol. The number of nitrogens with one attached hydrogen (secondary N) is 2. The standard InChI is InChI=1S/C21H29N5O3/c1-24-11-13-26(14-12-24)19(18-5-4-10-25(18)2)15-22-20(27)21(28)23-16-6-8-17(29-3)9-7-16/h4-10,19H,11-15H2,1-3H3,(H,22,27)(H,23,28). The van der Waals surface area contributed by atoms with Gasteiger partial charge in [-0.05, 0) is 43.4 Å². The second-order valence-corrected chi connectivity index (χ2v) is 7.29. The van der Waals surface area contributed by atoms with E-state index in [1.165, 1.54) is 0 Å². The smallest absolute Gasteiger partial charge is 0.313 e. The van der Waals surface area contributed by atoms with Gasteiger partial charge in [0.05, 0.1) is 13.2 Å². The van der Waals surface area contributed by atoms with E-state index in [9.17, 15) is 9.59 Å². The maximum atomic E-state index is 12.4. The van der Waals surface area contributed by atoms with Gasteiger partial charge in [-0.2, -0.15) is 0 Å². The number of hydrogen-bond donors (Lipinski definition) is 2. The average molecular weight is 399 g/mol. The number of carbonyl (C=O) groups excluding carboxylic acids is 2. The fourth-order valence-corrected chi connectivity index (χ4v) is 3.51. The van der Waals surface area contributed by atoms with Gasteiger partial charge in [-0.3, -0.25) is 14.5 Å². The summed E-state index contributed by atoms with van der Waals surface area (Å²) in [6.45, 7) is 4.16. The zero-order valence-electron chi connectivity index (χ0n) is 17.2. The third-order valence-corrected chi connectivity index (χ3v) is 5.31. The zero-order valence-corrected chi connectivity index (χ0v) is 17.2. The Balaban J connectivity index is 1.61. The number of amides is 2. The SMILES string of the molecule is COc1ccc(NC(=O)C(=O)NCC(c2cccn2C)N2CCN(C)CC2)cc1. The highest BCUT2D eigenvalue weighted by Crippen LogP contribution is 2.22. The third kappa shape index (κ3) is 5.36. The Hall–Kier alpha value is -2.84. The Morgan fingerprint density at radius 2 is 1.72 bits per heavy atom. The summed E-state index contributed by atoms with van der Waals surface area (Å²) in [5, 5.41) is 5.42. The highest BCUT2D eigenvalue weighted by atomic mass is 16.5. The minimum atomic E-state index is -0.681. The molecule has 0 radical (unpaired) electrons. The predicted octanol–water partition coefficient (Wildman–Crippen LogP) is 1.08. The number of hydrogen-bond acceptors (Lipinski definition) is 5. The lowest BCUT2D eigenvalue weighted by molar-refractivity contribution is -0.136. The molecule has 1 aliphatic heterocycles. The van der Waals surface area contributed by atoms with Crippen LogP contribution in [0.2, 0.25) is 0 Å². The topological polar surface area (TPSA) is 78.8 Å². The van der Waals surface area contributed by atoms with Gasteiger partial charge in [-0.25, -0.2) is 0 Å². The van der Waals surface area contributed by atoms with Crippen molar-refractivity contribution in [2.24, 2.45) is 7.05 Å². The lowest BCUT2D eigenvalue weighted by atomic mass is 10.1. The Kier molecular flexibility index (Phi) is 6.90. The molecule has 1 atom stereocenters. The number of anilines is 1. The van der Waals surface area contributed by atoms with E-state index in [2.05, 4.69) is 38.1 Å². The van der Waals surface area contributed by atoms with E-state index >= 15 is 0 Å². The van der Waals surface area contributed by atoms with Crippen LogP contribution in [0.1, 0.15) is 11.7 Å². The summed E-state index contributed by atoms with van der Waals surface area (Å²) in [4.78, 5) is 29.3. The molecular formula is C21H29N5O3. The van der Waals surface area contributed by atoms with E-state index in [1.54, 1.807) is 31.4 Å². The van der Waals surface area contributed by atoms with Crippen molar-refractivity contribution in [2.75, 3.05) is 52.2 Å². The Morgan fingerprint density at radius 1 is 1.03 bits per heavy atom. The molecule has 0 spiro atoms. The number of piperazine rings is 1. The molecule has 1 aliphatic rings. The maximum absolute atomic E-state index is 12.4. The molecule has 8 heteroatoms. The molecule has 3 rings (SSSR count). The van der Waals surface area contributed by atoms with E-state index in [-0.39, 0.29) is 6.04 Å². The minimum Gasteiger partial charge on any atom is -0.497 e. The molecule has 29 heavy (non-hydrogen) atoms. The zero-order chi connectivity index (χ0) is 20.8. The number of aryl methyl sites for hydroxylation is 1. The van der Waals surface area contributed by atoms with E-state index < -0.39 is 11.8 Å². The summed E-state index contributed by atoms with van der Waals surface area (Å²) in [5.41, 5.74) is 1.66. The molecule has 0 aliphatic carbocycles. The van der Waals surface area contributed by atoms with Crippen LogP contribution in [0.15, 0.2) is 42.6 Å². The Labute approximate surface area is 171 Å². The van der Waals surface area contributed by atoms with Crippen molar-refractivity contribution in [3.63, 3.8) is 0 Å². The van der Waals surface area contributed by atoms with Crippen molar-refractivity contribution in [1.29, 1.82) is 0 Å². The number of ether oxygens (including phenoxy) is 1. The van der Waals surface area contributed by atoms with Crippen LogP contribution in [0.3, 0.4) is 0 Å². The predicted molar refractivity (Wildman–Crippen MR) is 112 cm³/mol. The number of nitrogens with zero attached hydrogens (tertiary/aromatic N) is 3. The molecule has 2 amide bonds. The fraction of sp³-hybridized carbons (Fsp3) is 0.429. The molecule has 2 heterocycles. The summed E-state index contributed by atoms with van der Waals surface area (Å²) in [6, 6.07) is 10.9. The molecule has 1 aromatic heterocycles. The normalized spacial score (nSPS) is 16.2. The Morgan fingerprint density at radius 3 is 2.31 bits per heavy atom. The van der Waals surface area contributed by atoms with E-state index in [0.717, 1.165) is 31.9 Å². The molecule has 1 aromatic carbocycles.